The summed E-state index contributed by atoms with van der Waals surface area (Å²) in [6.45, 7) is 2.54. The van der Waals surface area contributed by atoms with Gasteiger partial charge in [0.25, 0.3) is 0 Å². The molecular formula is C17H16FN5S. The molecule has 3 aromatic rings. The normalized spacial score (nSPS) is 14.5. The minimum Gasteiger partial charge on any atom is -0.334 e. The molecule has 0 amide bonds. The van der Waals surface area contributed by atoms with E-state index in [0.29, 0.717) is 4.77 Å². The molecule has 0 unspecified atom stereocenters. The number of aromatic nitrogens is 4. The summed E-state index contributed by atoms with van der Waals surface area (Å²) in [5, 5.41) is 7.19. The average Bonchev–Trinajstić information content (AvgIpc) is 3.04. The maximum absolute atomic E-state index is 13.1. The van der Waals surface area contributed by atoms with Gasteiger partial charge in [0, 0.05) is 54.6 Å². The monoisotopic (exact) mass is 341 g/mol. The van der Waals surface area contributed by atoms with Gasteiger partial charge in [-0.25, -0.2) is 9.37 Å². The van der Waals surface area contributed by atoms with Gasteiger partial charge in [0.05, 0.1) is 11.9 Å². The summed E-state index contributed by atoms with van der Waals surface area (Å²) < 4.78 is 13.7. The van der Waals surface area contributed by atoms with Gasteiger partial charge >= 0.3 is 0 Å². The number of hydrogen-bond donors (Lipinski definition) is 2. The van der Waals surface area contributed by atoms with Crippen molar-refractivity contribution in [3.8, 4) is 11.3 Å². The Morgan fingerprint density at radius 3 is 2.88 bits per heavy atom. The zero-order valence-electron chi connectivity index (χ0n) is 12.9. The molecule has 0 saturated carbocycles. The number of rotatable bonds is 3. The molecule has 5 nitrogen and oxygen atoms in total. The van der Waals surface area contributed by atoms with Crippen molar-refractivity contribution < 1.29 is 4.39 Å². The molecule has 0 fully saturated rings. The van der Waals surface area contributed by atoms with Crippen LogP contribution in [-0.4, -0.2) is 31.6 Å². The molecule has 1 aliphatic heterocycles. The standard InChI is InChI=1S/C17H16FN5S/c18-14-3-1-11(2-4-14)16-13(8-20-22-16)10-23-6-5-15-12(9-23)7-19-17(24)21-15/h1-4,7-8H,5-6,9-10H2,(H,20,22)(H,19,21,24). The van der Waals surface area contributed by atoms with Crippen molar-refractivity contribution in [2.75, 3.05) is 6.54 Å². The van der Waals surface area contributed by atoms with E-state index in [1.54, 1.807) is 12.1 Å². The Bertz CT molecular complexity index is 915. The Morgan fingerprint density at radius 2 is 2.04 bits per heavy atom. The van der Waals surface area contributed by atoms with Crippen LogP contribution in [0.25, 0.3) is 11.3 Å². The summed E-state index contributed by atoms with van der Waals surface area (Å²) in [5.74, 6) is -0.239. The number of H-pyrrole nitrogens is 2. The van der Waals surface area contributed by atoms with Gasteiger partial charge in [-0.2, -0.15) is 5.10 Å². The van der Waals surface area contributed by atoms with Gasteiger partial charge in [-0.05, 0) is 36.5 Å². The highest BCUT2D eigenvalue weighted by molar-refractivity contribution is 7.71. The SMILES string of the molecule is Fc1ccc(-c2[nH]ncc2CN2CCc3[nH]c(=S)ncc3C2)cc1. The lowest BCUT2D eigenvalue weighted by Crippen LogP contribution is -2.30. The maximum Gasteiger partial charge on any atom is 0.196 e. The Labute approximate surface area is 143 Å². The van der Waals surface area contributed by atoms with E-state index in [1.165, 1.54) is 23.4 Å². The van der Waals surface area contributed by atoms with Crippen LogP contribution < -0.4 is 0 Å². The summed E-state index contributed by atoms with van der Waals surface area (Å²) in [6, 6.07) is 6.46. The summed E-state index contributed by atoms with van der Waals surface area (Å²) >= 11 is 5.08. The van der Waals surface area contributed by atoms with E-state index in [0.717, 1.165) is 42.9 Å². The van der Waals surface area contributed by atoms with Crippen molar-refractivity contribution in [3.63, 3.8) is 0 Å². The highest BCUT2D eigenvalue weighted by Gasteiger charge is 2.19. The molecular weight excluding hydrogens is 325 g/mol. The van der Waals surface area contributed by atoms with Crippen LogP contribution in [0.3, 0.4) is 0 Å². The first-order valence-electron chi connectivity index (χ1n) is 7.76. The molecule has 0 spiro atoms. The van der Waals surface area contributed by atoms with Crippen LogP contribution in [0.15, 0.2) is 36.7 Å². The second-order valence-electron chi connectivity index (χ2n) is 5.93. The van der Waals surface area contributed by atoms with Crippen molar-refractivity contribution >= 4 is 12.2 Å². The van der Waals surface area contributed by atoms with E-state index in [4.69, 9.17) is 12.2 Å². The largest absolute Gasteiger partial charge is 0.334 e. The summed E-state index contributed by atoms with van der Waals surface area (Å²) in [4.78, 5) is 9.69. The number of nitrogens with zero attached hydrogens (tertiary/aromatic N) is 3. The zero-order valence-corrected chi connectivity index (χ0v) is 13.7. The second-order valence-corrected chi connectivity index (χ2v) is 6.32. The lowest BCUT2D eigenvalue weighted by atomic mass is 10.0. The summed E-state index contributed by atoms with van der Waals surface area (Å²) in [7, 11) is 0. The average molecular weight is 341 g/mol. The van der Waals surface area contributed by atoms with E-state index >= 15 is 0 Å². The van der Waals surface area contributed by atoms with Crippen LogP contribution in [0.2, 0.25) is 0 Å². The second kappa shape index (κ2) is 6.26. The van der Waals surface area contributed by atoms with Crippen molar-refractivity contribution in [2.45, 2.75) is 19.5 Å². The minimum absolute atomic E-state index is 0.239. The Kier molecular flexibility index (Phi) is 3.95. The Morgan fingerprint density at radius 1 is 1.21 bits per heavy atom. The van der Waals surface area contributed by atoms with Gasteiger partial charge in [0.2, 0.25) is 0 Å². The molecule has 4 rings (SSSR count). The molecule has 7 heteroatoms. The van der Waals surface area contributed by atoms with Crippen molar-refractivity contribution in [2.24, 2.45) is 0 Å². The van der Waals surface area contributed by atoms with Crippen LogP contribution in [0.5, 0.6) is 0 Å². The molecule has 0 saturated heterocycles. The molecule has 1 aromatic carbocycles. The van der Waals surface area contributed by atoms with E-state index in [2.05, 4.69) is 25.1 Å². The van der Waals surface area contributed by atoms with E-state index in [-0.39, 0.29) is 5.82 Å². The number of nitrogens with one attached hydrogen (secondary N) is 2. The molecule has 2 N–H and O–H groups in total. The van der Waals surface area contributed by atoms with Crippen LogP contribution in [-0.2, 0) is 19.5 Å². The number of fused-ring (bicyclic) bond motifs is 1. The van der Waals surface area contributed by atoms with Gasteiger partial charge < -0.3 is 4.98 Å². The van der Waals surface area contributed by atoms with Gasteiger partial charge in [-0.3, -0.25) is 10.00 Å². The lowest BCUT2D eigenvalue weighted by Gasteiger charge is -2.28. The molecule has 2 aromatic heterocycles. The van der Waals surface area contributed by atoms with Gasteiger partial charge in [0.1, 0.15) is 5.82 Å². The van der Waals surface area contributed by atoms with Gasteiger partial charge in [-0.15, -0.1) is 0 Å². The molecule has 0 atom stereocenters. The van der Waals surface area contributed by atoms with Crippen LogP contribution >= 0.6 is 12.2 Å². The zero-order chi connectivity index (χ0) is 16.5. The first-order valence-corrected chi connectivity index (χ1v) is 8.17. The molecule has 0 aliphatic carbocycles. The first kappa shape index (κ1) is 15.2. The van der Waals surface area contributed by atoms with Crippen molar-refractivity contribution in [1.29, 1.82) is 0 Å². The highest BCUT2D eigenvalue weighted by atomic mass is 32.1. The minimum atomic E-state index is -0.239. The van der Waals surface area contributed by atoms with Crippen molar-refractivity contribution in [1.82, 2.24) is 25.1 Å². The summed E-state index contributed by atoms with van der Waals surface area (Å²) in [5.41, 5.74) is 5.33. The van der Waals surface area contributed by atoms with Crippen LogP contribution in [0, 0.1) is 10.6 Å². The van der Waals surface area contributed by atoms with E-state index in [1.807, 2.05) is 12.4 Å². The number of halogens is 1. The molecule has 0 bridgehead atoms. The van der Waals surface area contributed by atoms with E-state index < -0.39 is 0 Å². The maximum atomic E-state index is 13.1. The van der Waals surface area contributed by atoms with E-state index in [9.17, 15) is 4.39 Å². The smallest absolute Gasteiger partial charge is 0.196 e. The van der Waals surface area contributed by atoms with Crippen LogP contribution in [0.4, 0.5) is 4.39 Å². The summed E-state index contributed by atoms with van der Waals surface area (Å²) in [6.07, 6.45) is 4.62. The molecule has 122 valence electrons. The number of hydrogen-bond acceptors (Lipinski definition) is 4. The highest BCUT2D eigenvalue weighted by Crippen LogP contribution is 2.24. The predicted octanol–water partition coefficient (Wildman–Crippen LogP) is 3.23. The first-order chi connectivity index (χ1) is 11.7. The Hall–Kier alpha value is -2.38. The fraction of sp³-hybridized carbons (Fsp3) is 0.235. The number of benzene rings is 1. The number of aromatic amines is 2. The molecule has 0 radical (unpaired) electrons. The van der Waals surface area contributed by atoms with Gasteiger partial charge in [0.15, 0.2) is 4.77 Å². The lowest BCUT2D eigenvalue weighted by molar-refractivity contribution is 0.243. The molecule has 3 heterocycles. The predicted molar refractivity (Wildman–Crippen MR) is 91.2 cm³/mol. The Balaban J connectivity index is 1.55. The fourth-order valence-electron chi connectivity index (χ4n) is 3.08. The quantitative estimate of drug-likeness (QED) is 0.718. The van der Waals surface area contributed by atoms with Gasteiger partial charge in [-0.1, -0.05) is 0 Å². The van der Waals surface area contributed by atoms with Crippen LogP contribution in [0.1, 0.15) is 16.8 Å². The molecule has 1 aliphatic rings. The molecule has 24 heavy (non-hydrogen) atoms. The third kappa shape index (κ3) is 3.00. The van der Waals surface area contributed by atoms with Crippen molar-refractivity contribution in [3.05, 3.63) is 64.1 Å². The topological polar surface area (TPSA) is 60.6 Å². The third-order valence-electron chi connectivity index (χ3n) is 4.30. The third-order valence-corrected chi connectivity index (χ3v) is 4.51. The fourth-order valence-corrected chi connectivity index (χ4v) is 3.25.